The number of fused-ring (bicyclic) bond motifs is 1. The van der Waals surface area contributed by atoms with E-state index in [9.17, 15) is 4.79 Å². The molecule has 1 N–H and O–H groups in total. The molecule has 5 nitrogen and oxygen atoms in total. The Kier molecular flexibility index (Phi) is 6.23. The number of ether oxygens (including phenoxy) is 1. The fourth-order valence-corrected chi connectivity index (χ4v) is 3.53. The topological polar surface area (TPSA) is 55.6 Å². The maximum atomic E-state index is 12.9. The van der Waals surface area contributed by atoms with Crippen LogP contribution in [0.15, 0.2) is 66.9 Å². The van der Waals surface area contributed by atoms with Crippen molar-refractivity contribution < 1.29 is 9.53 Å². The van der Waals surface area contributed by atoms with Crippen molar-refractivity contribution in [1.29, 1.82) is 0 Å². The maximum Gasteiger partial charge on any atom is 0.270 e. The Morgan fingerprint density at radius 2 is 1.77 bits per heavy atom. The molecule has 0 saturated heterocycles. The van der Waals surface area contributed by atoms with Crippen molar-refractivity contribution in [3.63, 3.8) is 0 Å². The summed E-state index contributed by atoms with van der Waals surface area (Å²) >= 11 is 6.06. The minimum atomic E-state index is -0.161. The standard InChI is InChI=1S/C25H24ClN3O2/c1-3-22-24(29-13-12-20(26)14-23(29)28-22)25(30)27-15-18-8-10-21(11-9-18)31-16-19-6-4-17(2)5-7-19/h4-14H,3,15-16H2,1-2H3,(H,27,30). The first kappa shape index (κ1) is 20.9. The van der Waals surface area contributed by atoms with Gasteiger partial charge >= 0.3 is 0 Å². The van der Waals surface area contributed by atoms with Crippen molar-refractivity contribution in [1.82, 2.24) is 14.7 Å². The fourth-order valence-electron chi connectivity index (χ4n) is 3.38. The zero-order chi connectivity index (χ0) is 21.8. The van der Waals surface area contributed by atoms with Gasteiger partial charge in [-0.2, -0.15) is 0 Å². The van der Waals surface area contributed by atoms with E-state index in [1.807, 2.05) is 31.2 Å². The third kappa shape index (κ3) is 4.89. The van der Waals surface area contributed by atoms with Crippen LogP contribution in [0.1, 0.15) is 39.8 Å². The van der Waals surface area contributed by atoms with Gasteiger partial charge in [-0.25, -0.2) is 4.98 Å². The lowest BCUT2D eigenvalue weighted by atomic mass is 10.2. The molecule has 0 atom stereocenters. The van der Waals surface area contributed by atoms with Gasteiger partial charge in [-0.3, -0.25) is 9.20 Å². The first-order valence-corrected chi connectivity index (χ1v) is 10.6. The number of carbonyl (C=O) groups is 1. The Bertz CT molecular complexity index is 1200. The van der Waals surface area contributed by atoms with Crippen LogP contribution in [0.4, 0.5) is 0 Å². The van der Waals surface area contributed by atoms with Gasteiger partial charge in [-0.15, -0.1) is 0 Å². The Balaban J connectivity index is 1.38. The molecular formula is C25H24ClN3O2. The highest BCUT2D eigenvalue weighted by Crippen LogP contribution is 2.18. The Morgan fingerprint density at radius 3 is 2.48 bits per heavy atom. The molecule has 0 spiro atoms. The van der Waals surface area contributed by atoms with E-state index in [1.165, 1.54) is 5.56 Å². The molecule has 6 heteroatoms. The molecule has 1 amide bonds. The van der Waals surface area contributed by atoms with E-state index >= 15 is 0 Å². The van der Waals surface area contributed by atoms with Gasteiger partial charge in [0.05, 0.1) is 5.69 Å². The maximum absolute atomic E-state index is 12.9. The number of nitrogens with one attached hydrogen (secondary N) is 1. The number of aryl methyl sites for hydroxylation is 2. The van der Waals surface area contributed by atoms with Crippen molar-refractivity contribution in [2.75, 3.05) is 0 Å². The fraction of sp³-hybridized carbons (Fsp3) is 0.200. The molecule has 31 heavy (non-hydrogen) atoms. The lowest BCUT2D eigenvalue weighted by Gasteiger charge is -2.09. The molecule has 0 saturated carbocycles. The quantitative estimate of drug-likeness (QED) is 0.426. The molecule has 0 aliphatic carbocycles. The molecule has 2 aromatic carbocycles. The van der Waals surface area contributed by atoms with Crippen molar-refractivity contribution in [3.05, 3.63) is 100.0 Å². The largest absolute Gasteiger partial charge is 0.489 e. The smallest absolute Gasteiger partial charge is 0.270 e. The number of rotatable bonds is 7. The summed E-state index contributed by atoms with van der Waals surface area (Å²) in [5.74, 6) is 0.633. The predicted molar refractivity (Wildman–Crippen MR) is 123 cm³/mol. The molecule has 4 aromatic rings. The van der Waals surface area contributed by atoms with Crippen molar-refractivity contribution >= 4 is 23.2 Å². The Hall–Kier alpha value is -3.31. The number of pyridine rings is 1. The van der Waals surface area contributed by atoms with E-state index in [0.717, 1.165) is 22.6 Å². The summed E-state index contributed by atoms with van der Waals surface area (Å²) in [5.41, 5.74) is 5.32. The zero-order valence-electron chi connectivity index (χ0n) is 17.6. The van der Waals surface area contributed by atoms with E-state index < -0.39 is 0 Å². The molecule has 2 heterocycles. The number of nitrogens with zero attached hydrogens (tertiary/aromatic N) is 2. The molecule has 4 rings (SSSR count). The molecular weight excluding hydrogens is 410 g/mol. The summed E-state index contributed by atoms with van der Waals surface area (Å²) < 4.78 is 7.63. The molecule has 2 aromatic heterocycles. The van der Waals surface area contributed by atoms with Gasteiger partial charge in [0, 0.05) is 23.8 Å². The zero-order valence-corrected chi connectivity index (χ0v) is 18.3. The third-order valence-corrected chi connectivity index (χ3v) is 5.35. The second-order valence-electron chi connectivity index (χ2n) is 7.43. The monoisotopic (exact) mass is 433 g/mol. The van der Waals surface area contributed by atoms with E-state index in [1.54, 1.807) is 22.7 Å². The summed E-state index contributed by atoms with van der Waals surface area (Å²) in [4.78, 5) is 17.4. The van der Waals surface area contributed by atoms with E-state index in [2.05, 4.69) is 41.5 Å². The van der Waals surface area contributed by atoms with Gasteiger partial charge in [0.15, 0.2) is 0 Å². The molecule has 0 unspecified atom stereocenters. The van der Waals surface area contributed by atoms with Crippen LogP contribution in [-0.4, -0.2) is 15.3 Å². The number of hydrogen-bond donors (Lipinski definition) is 1. The van der Waals surface area contributed by atoms with Crippen molar-refractivity contribution in [2.45, 2.75) is 33.4 Å². The minimum Gasteiger partial charge on any atom is -0.489 e. The predicted octanol–water partition coefficient (Wildman–Crippen LogP) is 5.37. The normalized spacial score (nSPS) is 10.9. The number of amides is 1. The lowest BCUT2D eigenvalue weighted by molar-refractivity contribution is 0.0944. The Morgan fingerprint density at radius 1 is 1.06 bits per heavy atom. The summed E-state index contributed by atoms with van der Waals surface area (Å²) in [5, 5.41) is 3.59. The van der Waals surface area contributed by atoms with Crippen LogP contribution >= 0.6 is 11.6 Å². The van der Waals surface area contributed by atoms with E-state index in [0.29, 0.717) is 35.9 Å². The molecule has 0 bridgehead atoms. The summed E-state index contributed by atoms with van der Waals surface area (Å²) in [6.07, 6.45) is 2.44. The number of aromatic nitrogens is 2. The highest BCUT2D eigenvalue weighted by atomic mass is 35.5. The van der Waals surface area contributed by atoms with Crippen LogP contribution in [0.25, 0.3) is 5.65 Å². The average molecular weight is 434 g/mol. The minimum absolute atomic E-state index is 0.161. The SMILES string of the molecule is CCc1nc2cc(Cl)ccn2c1C(=O)NCc1ccc(OCc2ccc(C)cc2)cc1. The second-order valence-corrected chi connectivity index (χ2v) is 7.87. The molecule has 0 aliphatic rings. The van der Waals surface area contributed by atoms with Crippen LogP contribution in [0.5, 0.6) is 5.75 Å². The van der Waals surface area contributed by atoms with Gasteiger partial charge in [0.2, 0.25) is 0 Å². The van der Waals surface area contributed by atoms with Crippen LogP contribution in [0.3, 0.4) is 0 Å². The number of halogens is 1. The Labute approximate surface area is 186 Å². The highest BCUT2D eigenvalue weighted by Gasteiger charge is 2.18. The van der Waals surface area contributed by atoms with Crippen LogP contribution < -0.4 is 10.1 Å². The average Bonchev–Trinajstić information content (AvgIpc) is 3.15. The van der Waals surface area contributed by atoms with Crippen molar-refractivity contribution in [2.24, 2.45) is 0 Å². The molecule has 158 valence electrons. The van der Waals surface area contributed by atoms with Gasteiger partial charge in [0.25, 0.3) is 5.91 Å². The number of imidazole rings is 1. The number of hydrogen-bond acceptors (Lipinski definition) is 3. The first-order valence-electron chi connectivity index (χ1n) is 10.3. The van der Waals surface area contributed by atoms with E-state index in [4.69, 9.17) is 16.3 Å². The van der Waals surface area contributed by atoms with Crippen molar-refractivity contribution in [3.8, 4) is 5.75 Å². The van der Waals surface area contributed by atoms with Crippen LogP contribution in [0.2, 0.25) is 5.02 Å². The summed E-state index contributed by atoms with van der Waals surface area (Å²) in [6, 6.07) is 19.6. The third-order valence-electron chi connectivity index (χ3n) is 5.11. The first-order chi connectivity index (χ1) is 15.0. The molecule has 0 aliphatic heterocycles. The summed E-state index contributed by atoms with van der Waals surface area (Å²) in [7, 11) is 0. The van der Waals surface area contributed by atoms with Crippen LogP contribution in [-0.2, 0) is 19.6 Å². The summed E-state index contributed by atoms with van der Waals surface area (Å²) in [6.45, 7) is 4.99. The van der Waals surface area contributed by atoms with Gasteiger partial charge in [-0.1, -0.05) is 60.5 Å². The van der Waals surface area contributed by atoms with Gasteiger partial charge in [-0.05, 0) is 42.7 Å². The second kappa shape index (κ2) is 9.23. The van der Waals surface area contributed by atoms with Gasteiger partial charge in [0.1, 0.15) is 23.7 Å². The number of carbonyl (C=O) groups excluding carboxylic acids is 1. The van der Waals surface area contributed by atoms with E-state index in [-0.39, 0.29) is 5.91 Å². The van der Waals surface area contributed by atoms with Crippen LogP contribution in [0, 0.1) is 6.92 Å². The molecule has 0 radical (unpaired) electrons. The number of benzene rings is 2. The molecule has 0 fully saturated rings. The highest BCUT2D eigenvalue weighted by molar-refractivity contribution is 6.30. The van der Waals surface area contributed by atoms with Gasteiger partial charge < -0.3 is 10.1 Å². The lowest BCUT2D eigenvalue weighted by Crippen LogP contribution is -2.25.